The number of hydrogen-bond acceptors (Lipinski definition) is 3. The van der Waals surface area contributed by atoms with Gasteiger partial charge in [0.05, 0.1) is 0 Å². The van der Waals surface area contributed by atoms with Gasteiger partial charge in [-0.05, 0) is 32.6 Å². The van der Waals surface area contributed by atoms with Crippen LogP contribution in [0.15, 0.2) is 0 Å². The maximum atomic E-state index is 9.42. The standard InChI is InChI=1S/C8H18BNO2/c1-9(12)10(6-3-7-11)8-4-2-5-8/h8,11-12H,2-7H2,1H3. The van der Waals surface area contributed by atoms with Crippen molar-refractivity contribution >= 4 is 7.05 Å². The molecule has 0 heterocycles. The molecule has 0 unspecified atom stereocenters. The third-order valence-corrected chi connectivity index (χ3v) is 2.60. The Hall–Kier alpha value is -0.0551. The Balaban J connectivity index is 2.27. The molecule has 0 aliphatic heterocycles. The smallest absolute Gasteiger partial charge is 0.376 e. The van der Waals surface area contributed by atoms with Gasteiger partial charge in [-0.2, -0.15) is 0 Å². The summed E-state index contributed by atoms with van der Waals surface area (Å²) in [5.74, 6) is 0. The van der Waals surface area contributed by atoms with E-state index in [1.165, 1.54) is 19.3 Å². The molecule has 1 fully saturated rings. The van der Waals surface area contributed by atoms with E-state index >= 15 is 0 Å². The third-order valence-electron chi connectivity index (χ3n) is 2.60. The maximum Gasteiger partial charge on any atom is 0.376 e. The highest BCUT2D eigenvalue weighted by Crippen LogP contribution is 2.25. The van der Waals surface area contributed by atoms with Crippen molar-refractivity contribution in [3.05, 3.63) is 0 Å². The van der Waals surface area contributed by atoms with Crippen molar-refractivity contribution in [1.82, 2.24) is 4.81 Å². The Labute approximate surface area is 74.5 Å². The predicted molar refractivity (Wildman–Crippen MR) is 49.9 cm³/mol. The highest BCUT2D eigenvalue weighted by Gasteiger charge is 2.28. The van der Waals surface area contributed by atoms with Crippen LogP contribution in [0.25, 0.3) is 0 Å². The van der Waals surface area contributed by atoms with Crippen LogP contribution in [0.3, 0.4) is 0 Å². The molecule has 1 saturated carbocycles. The van der Waals surface area contributed by atoms with Crippen LogP contribution in [0, 0.1) is 0 Å². The Morgan fingerprint density at radius 2 is 2.17 bits per heavy atom. The third kappa shape index (κ3) is 2.47. The molecule has 1 aliphatic carbocycles. The number of rotatable bonds is 5. The van der Waals surface area contributed by atoms with Gasteiger partial charge in [0, 0.05) is 12.6 Å². The summed E-state index contributed by atoms with van der Waals surface area (Å²) in [4.78, 5) is 2.08. The zero-order valence-electron chi connectivity index (χ0n) is 7.74. The average molecular weight is 171 g/mol. The lowest BCUT2D eigenvalue weighted by molar-refractivity contribution is 0.179. The van der Waals surface area contributed by atoms with Crippen LogP contribution in [0.2, 0.25) is 6.82 Å². The second-order valence-electron chi connectivity index (χ2n) is 3.53. The van der Waals surface area contributed by atoms with Gasteiger partial charge in [0.2, 0.25) is 0 Å². The fourth-order valence-electron chi connectivity index (χ4n) is 1.65. The van der Waals surface area contributed by atoms with Gasteiger partial charge >= 0.3 is 7.05 Å². The summed E-state index contributed by atoms with van der Waals surface area (Å²) in [6.45, 7) is 2.84. The molecule has 0 atom stereocenters. The Bertz CT molecular complexity index is 128. The molecule has 0 aromatic carbocycles. The van der Waals surface area contributed by atoms with Gasteiger partial charge in [0.25, 0.3) is 0 Å². The van der Waals surface area contributed by atoms with Gasteiger partial charge in [0.15, 0.2) is 0 Å². The lowest BCUT2D eigenvalue weighted by Gasteiger charge is -2.38. The lowest BCUT2D eigenvalue weighted by Crippen LogP contribution is -2.48. The first-order valence-corrected chi connectivity index (χ1v) is 4.80. The molecule has 0 aromatic heterocycles. The van der Waals surface area contributed by atoms with E-state index in [1.807, 2.05) is 0 Å². The van der Waals surface area contributed by atoms with Crippen molar-refractivity contribution < 1.29 is 10.1 Å². The van der Waals surface area contributed by atoms with Crippen LogP contribution in [0.5, 0.6) is 0 Å². The van der Waals surface area contributed by atoms with Crippen molar-refractivity contribution in [3.63, 3.8) is 0 Å². The first-order chi connectivity index (χ1) is 5.75. The second-order valence-corrected chi connectivity index (χ2v) is 3.53. The first kappa shape index (κ1) is 10.0. The van der Waals surface area contributed by atoms with Crippen LogP contribution in [-0.4, -0.2) is 41.2 Å². The minimum Gasteiger partial charge on any atom is -0.437 e. The van der Waals surface area contributed by atoms with E-state index in [2.05, 4.69) is 4.81 Å². The average Bonchev–Trinajstić information content (AvgIpc) is 1.93. The van der Waals surface area contributed by atoms with Gasteiger partial charge < -0.3 is 14.9 Å². The molecule has 0 radical (unpaired) electrons. The quantitative estimate of drug-likeness (QED) is 0.586. The molecule has 0 bridgehead atoms. The molecular formula is C8H18BNO2. The fraction of sp³-hybridized carbons (Fsp3) is 1.00. The van der Waals surface area contributed by atoms with Gasteiger partial charge in [-0.15, -0.1) is 0 Å². The molecule has 3 nitrogen and oxygen atoms in total. The minimum absolute atomic E-state index is 0.218. The lowest BCUT2D eigenvalue weighted by atomic mass is 9.77. The van der Waals surface area contributed by atoms with Crippen LogP contribution in [0.4, 0.5) is 0 Å². The minimum atomic E-state index is -0.359. The Morgan fingerprint density at radius 3 is 2.50 bits per heavy atom. The molecule has 12 heavy (non-hydrogen) atoms. The summed E-state index contributed by atoms with van der Waals surface area (Å²) < 4.78 is 0. The van der Waals surface area contributed by atoms with Crippen LogP contribution in [-0.2, 0) is 0 Å². The van der Waals surface area contributed by atoms with E-state index in [-0.39, 0.29) is 13.7 Å². The van der Waals surface area contributed by atoms with Crippen molar-refractivity contribution in [2.24, 2.45) is 0 Å². The van der Waals surface area contributed by atoms with Crippen molar-refractivity contribution in [3.8, 4) is 0 Å². The molecule has 70 valence electrons. The van der Waals surface area contributed by atoms with Crippen LogP contribution >= 0.6 is 0 Å². The van der Waals surface area contributed by atoms with E-state index in [4.69, 9.17) is 5.11 Å². The normalized spacial score (nSPS) is 18.0. The fourth-order valence-corrected chi connectivity index (χ4v) is 1.65. The van der Waals surface area contributed by atoms with E-state index < -0.39 is 0 Å². The highest BCUT2D eigenvalue weighted by atomic mass is 16.3. The number of hydrogen-bond donors (Lipinski definition) is 2. The monoisotopic (exact) mass is 171 g/mol. The number of aliphatic hydroxyl groups excluding tert-OH is 1. The van der Waals surface area contributed by atoms with E-state index in [9.17, 15) is 5.02 Å². The van der Waals surface area contributed by atoms with Gasteiger partial charge in [-0.25, -0.2) is 0 Å². The SMILES string of the molecule is CB(O)N(CCCO)C1CCC1. The molecule has 1 aliphatic rings. The molecule has 4 heteroatoms. The Morgan fingerprint density at radius 1 is 1.50 bits per heavy atom. The highest BCUT2D eigenvalue weighted by molar-refractivity contribution is 6.45. The zero-order chi connectivity index (χ0) is 8.97. The largest absolute Gasteiger partial charge is 0.437 e. The molecule has 0 spiro atoms. The van der Waals surface area contributed by atoms with Crippen LogP contribution < -0.4 is 0 Å². The maximum absolute atomic E-state index is 9.42. The summed E-state index contributed by atoms with van der Waals surface area (Å²) in [5, 5.41) is 18.1. The van der Waals surface area contributed by atoms with Crippen molar-refractivity contribution in [1.29, 1.82) is 0 Å². The molecule has 0 amide bonds. The predicted octanol–water partition coefficient (Wildman–Crippen LogP) is 0.334. The summed E-state index contributed by atoms with van der Waals surface area (Å²) in [5.41, 5.74) is 0. The topological polar surface area (TPSA) is 43.7 Å². The summed E-state index contributed by atoms with van der Waals surface area (Å²) in [6.07, 6.45) is 4.46. The van der Waals surface area contributed by atoms with Gasteiger partial charge in [0.1, 0.15) is 0 Å². The number of aliphatic hydroxyl groups is 1. The van der Waals surface area contributed by atoms with Crippen molar-refractivity contribution in [2.75, 3.05) is 13.2 Å². The van der Waals surface area contributed by atoms with Gasteiger partial charge in [-0.1, -0.05) is 6.42 Å². The zero-order valence-corrected chi connectivity index (χ0v) is 7.74. The second kappa shape index (κ2) is 4.85. The molecular weight excluding hydrogens is 153 g/mol. The molecule has 0 saturated heterocycles. The number of nitrogens with zero attached hydrogens (tertiary/aromatic N) is 1. The van der Waals surface area contributed by atoms with Gasteiger partial charge in [-0.3, -0.25) is 0 Å². The molecule has 1 rings (SSSR count). The van der Waals surface area contributed by atoms with E-state index in [1.54, 1.807) is 6.82 Å². The summed E-state index contributed by atoms with van der Waals surface area (Å²) in [6, 6.07) is 0.566. The Kier molecular flexibility index (Phi) is 4.05. The first-order valence-electron chi connectivity index (χ1n) is 4.80. The van der Waals surface area contributed by atoms with E-state index in [0.29, 0.717) is 6.04 Å². The van der Waals surface area contributed by atoms with E-state index in [0.717, 1.165) is 13.0 Å². The van der Waals surface area contributed by atoms with Crippen LogP contribution in [0.1, 0.15) is 25.7 Å². The summed E-state index contributed by atoms with van der Waals surface area (Å²) >= 11 is 0. The molecule has 2 N–H and O–H groups in total. The van der Waals surface area contributed by atoms with Crippen molar-refractivity contribution in [2.45, 2.75) is 38.5 Å². The molecule has 0 aromatic rings. The summed E-state index contributed by atoms with van der Waals surface area (Å²) in [7, 11) is -0.359.